The van der Waals surface area contributed by atoms with Gasteiger partial charge in [0.05, 0.1) is 17.3 Å². The number of benzene rings is 1. The number of hydrogen-bond acceptors (Lipinski definition) is 2. The molecule has 0 spiro atoms. The van der Waals surface area contributed by atoms with Crippen LogP contribution >= 0.6 is 0 Å². The second-order valence-corrected chi connectivity index (χ2v) is 2.75. The second-order valence-electron chi connectivity index (χ2n) is 2.75. The van der Waals surface area contributed by atoms with E-state index in [0.717, 1.165) is 12.1 Å². The molecule has 0 heterocycles. The molecule has 0 saturated heterocycles. The molecule has 1 amide bonds. The van der Waals surface area contributed by atoms with Gasteiger partial charge in [0.2, 0.25) is 0 Å². The van der Waals surface area contributed by atoms with E-state index in [-0.39, 0.29) is 5.56 Å². The maximum atomic E-state index is 12.4. The van der Waals surface area contributed by atoms with Gasteiger partial charge < -0.3 is 5.11 Å². The topological polar surface area (TPSA) is 64.3 Å². The predicted molar refractivity (Wildman–Crippen MR) is 47.7 cm³/mol. The molecule has 4 nitrogen and oxygen atoms in total. The first kappa shape index (κ1) is 11.8. The maximum Gasteiger partial charge on any atom is 0.494 e. The highest BCUT2D eigenvalue weighted by atomic mass is 19.4. The lowest BCUT2D eigenvalue weighted by Crippen LogP contribution is -2.42. The summed E-state index contributed by atoms with van der Waals surface area (Å²) in [6.07, 6.45) is -7.19. The Labute approximate surface area is 88.1 Å². The molecule has 0 fully saturated rings. The number of rotatable bonds is 1. The SMILES string of the molecule is N#Cc1cccc(N(C(=O)O)C(F)(F)F)c1. The Morgan fingerprint density at radius 2 is 2.06 bits per heavy atom. The van der Waals surface area contributed by atoms with E-state index in [0.29, 0.717) is 0 Å². The molecule has 84 valence electrons. The van der Waals surface area contributed by atoms with Crippen molar-refractivity contribution in [2.45, 2.75) is 6.30 Å². The molecule has 0 aliphatic heterocycles. The van der Waals surface area contributed by atoms with Crippen LogP contribution < -0.4 is 4.90 Å². The highest BCUT2D eigenvalue weighted by Crippen LogP contribution is 2.28. The molecule has 0 saturated carbocycles. The lowest BCUT2D eigenvalue weighted by Gasteiger charge is -2.21. The number of amides is 1. The zero-order valence-corrected chi connectivity index (χ0v) is 7.69. The molecular formula is C9H5F3N2O2. The molecule has 0 bridgehead atoms. The van der Waals surface area contributed by atoms with Crippen LogP contribution in [0.3, 0.4) is 0 Å². The van der Waals surface area contributed by atoms with Crippen LogP contribution in [0.1, 0.15) is 5.56 Å². The summed E-state index contributed by atoms with van der Waals surface area (Å²) in [4.78, 5) is 9.71. The first-order valence-electron chi connectivity index (χ1n) is 3.96. The van der Waals surface area contributed by atoms with Crippen molar-refractivity contribution in [3.63, 3.8) is 0 Å². The third kappa shape index (κ3) is 2.42. The van der Waals surface area contributed by atoms with Gasteiger partial charge in [-0.3, -0.25) is 0 Å². The Morgan fingerprint density at radius 3 is 2.50 bits per heavy atom. The highest BCUT2D eigenvalue weighted by molar-refractivity contribution is 5.86. The molecule has 0 aromatic heterocycles. The van der Waals surface area contributed by atoms with Crippen LogP contribution in [0.5, 0.6) is 0 Å². The highest BCUT2D eigenvalue weighted by Gasteiger charge is 2.42. The quantitative estimate of drug-likeness (QED) is 0.754. The number of hydrogen-bond donors (Lipinski definition) is 1. The molecule has 0 atom stereocenters. The van der Waals surface area contributed by atoms with Gasteiger partial charge in [0.25, 0.3) is 0 Å². The summed E-state index contributed by atoms with van der Waals surface area (Å²) in [6, 6.07) is 5.89. The third-order valence-corrected chi connectivity index (χ3v) is 1.68. The van der Waals surface area contributed by atoms with Gasteiger partial charge in [0.1, 0.15) is 0 Å². The summed E-state index contributed by atoms with van der Waals surface area (Å²) in [5.74, 6) is 0. The Hall–Kier alpha value is -2.23. The van der Waals surface area contributed by atoms with Crippen molar-refractivity contribution in [2.75, 3.05) is 4.90 Å². The van der Waals surface area contributed by atoms with E-state index in [1.54, 1.807) is 6.07 Å². The van der Waals surface area contributed by atoms with E-state index in [1.807, 2.05) is 0 Å². The van der Waals surface area contributed by atoms with Crippen molar-refractivity contribution in [3.8, 4) is 6.07 Å². The number of halogens is 3. The number of anilines is 1. The number of nitrogens with zero attached hydrogens (tertiary/aromatic N) is 2. The molecule has 16 heavy (non-hydrogen) atoms. The standard InChI is InChI=1S/C9H5F3N2O2/c10-9(11,12)14(8(15)16)7-3-1-2-6(4-7)5-13/h1-4H,(H,15,16). The molecular weight excluding hydrogens is 225 g/mol. The van der Waals surface area contributed by atoms with E-state index >= 15 is 0 Å². The van der Waals surface area contributed by atoms with Gasteiger partial charge in [-0.25, -0.2) is 4.79 Å². The van der Waals surface area contributed by atoms with E-state index in [2.05, 4.69) is 0 Å². The first-order valence-corrected chi connectivity index (χ1v) is 3.96. The van der Waals surface area contributed by atoms with Crippen molar-refractivity contribution in [1.29, 1.82) is 5.26 Å². The summed E-state index contributed by atoms with van der Waals surface area (Å²) in [6.45, 7) is 0. The lowest BCUT2D eigenvalue weighted by molar-refractivity contribution is -0.123. The fraction of sp³-hybridized carbons (Fsp3) is 0.111. The third-order valence-electron chi connectivity index (χ3n) is 1.68. The summed E-state index contributed by atoms with van der Waals surface area (Å²) in [5.41, 5.74) is -0.660. The molecule has 0 unspecified atom stereocenters. The molecule has 0 aliphatic carbocycles. The summed E-state index contributed by atoms with van der Waals surface area (Å²) in [7, 11) is 0. The maximum absolute atomic E-state index is 12.4. The number of carboxylic acid groups (broad SMARTS) is 1. The van der Waals surface area contributed by atoms with Crippen LogP contribution in [0.4, 0.5) is 23.7 Å². The molecule has 1 N–H and O–H groups in total. The van der Waals surface area contributed by atoms with Crippen molar-refractivity contribution in [1.82, 2.24) is 0 Å². The van der Waals surface area contributed by atoms with Gasteiger partial charge >= 0.3 is 12.4 Å². The van der Waals surface area contributed by atoms with Gasteiger partial charge in [0, 0.05) is 0 Å². The van der Waals surface area contributed by atoms with Crippen LogP contribution in [-0.2, 0) is 0 Å². The van der Waals surface area contributed by atoms with Gasteiger partial charge in [-0.2, -0.15) is 10.2 Å². The monoisotopic (exact) mass is 230 g/mol. The first-order chi connectivity index (χ1) is 7.36. The molecule has 0 radical (unpaired) electrons. The minimum Gasteiger partial charge on any atom is -0.464 e. The summed E-state index contributed by atoms with van der Waals surface area (Å²) >= 11 is 0. The Balaban J connectivity index is 3.23. The Kier molecular flexibility index (Phi) is 3.04. The van der Waals surface area contributed by atoms with Crippen molar-refractivity contribution in [3.05, 3.63) is 29.8 Å². The van der Waals surface area contributed by atoms with Crippen LogP contribution in [0.2, 0.25) is 0 Å². The molecule has 0 aliphatic rings. The Bertz CT molecular complexity index is 451. The normalized spacial score (nSPS) is 10.6. The minimum atomic E-state index is -5.04. The number of carbonyl (C=O) groups is 1. The van der Waals surface area contributed by atoms with E-state index in [9.17, 15) is 18.0 Å². The average molecular weight is 230 g/mol. The Morgan fingerprint density at radius 1 is 1.44 bits per heavy atom. The van der Waals surface area contributed by atoms with Crippen LogP contribution in [0.15, 0.2) is 24.3 Å². The van der Waals surface area contributed by atoms with Crippen LogP contribution in [0, 0.1) is 11.3 Å². The largest absolute Gasteiger partial charge is 0.494 e. The fourth-order valence-corrected chi connectivity index (χ4v) is 1.08. The van der Waals surface area contributed by atoms with Gasteiger partial charge in [-0.05, 0) is 18.2 Å². The number of alkyl halides is 3. The number of nitriles is 1. The van der Waals surface area contributed by atoms with Crippen molar-refractivity contribution < 1.29 is 23.1 Å². The van der Waals surface area contributed by atoms with Crippen LogP contribution in [-0.4, -0.2) is 17.5 Å². The molecule has 1 aromatic carbocycles. The lowest BCUT2D eigenvalue weighted by atomic mass is 10.2. The molecule has 1 aromatic rings. The van der Waals surface area contributed by atoms with E-state index in [4.69, 9.17) is 10.4 Å². The summed E-state index contributed by atoms with van der Waals surface area (Å²) in [5, 5.41) is 16.9. The van der Waals surface area contributed by atoms with Gasteiger partial charge in [-0.15, -0.1) is 13.2 Å². The summed E-state index contributed by atoms with van der Waals surface area (Å²) < 4.78 is 37.1. The van der Waals surface area contributed by atoms with Gasteiger partial charge in [-0.1, -0.05) is 6.07 Å². The second kappa shape index (κ2) is 4.10. The molecule has 7 heteroatoms. The fourth-order valence-electron chi connectivity index (χ4n) is 1.08. The van der Waals surface area contributed by atoms with Crippen LogP contribution in [0.25, 0.3) is 0 Å². The van der Waals surface area contributed by atoms with Gasteiger partial charge in [0.15, 0.2) is 0 Å². The van der Waals surface area contributed by atoms with Crippen molar-refractivity contribution >= 4 is 11.8 Å². The zero-order valence-electron chi connectivity index (χ0n) is 7.69. The smallest absolute Gasteiger partial charge is 0.464 e. The zero-order chi connectivity index (χ0) is 12.3. The molecule has 1 rings (SSSR count). The predicted octanol–water partition coefficient (Wildman–Crippen LogP) is 2.56. The average Bonchev–Trinajstić information content (AvgIpc) is 2.15. The van der Waals surface area contributed by atoms with Crippen molar-refractivity contribution in [2.24, 2.45) is 0 Å². The minimum absolute atomic E-state index is 0.0481. The van der Waals surface area contributed by atoms with E-state index in [1.165, 1.54) is 12.1 Å². The van der Waals surface area contributed by atoms with E-state index < -0.39 is 23.0 Å².